The highest BCUT2D eigenvalue weighted by Crippen LogP contribution is 2.36. The molecule has 106 valence electrons. The summed E-state index contributed by atoms with van der Waals surface area (Å²) in [5.74, 6) is 1.52. The lowest BCUT2D eigenvalue weighted by atomic mass is 9.85. The van der Waals surface area contributed by atoms with Crippen LogP contribution in [0.5, 0.6) is 0 Å². The molecule has 1 saturated carbocycles. The molecule has 6 heteroatoms. The van der Waals surface area contributed by atoms with Crippen LogP contribution in [0.15, 0.2) is 0 Å². The van der Waals surface area contributed by atoms with Gasteiger partial charge < -0.3 is 9.67 Å². The fourth-order valence-corrected chi connectivity index (χ4v) is 3.82. The van der Waals surface area contributed by atoms with E-state index < -0.39 is 0 Å². The Balaban J connectivity index is 1.76. The number of fused-ring (bicyclic) bond motifs is 1. The molecule has 0 amide bonds. The summed E-state index contributed by atoms with van der Waals surface area (Å²) in [7, 11) is 1.87. The van der Waals surface area contributed by atoms with Crippen molar-refractivity contribution in [1.29, 1.82) is 0 Å². The van der Waals surface area contributed by atoms with Gasteiger partial charge in [-0.05, 0) is 37.4 Å². The predicted octanol–water partition coefficient (Wildman–Crippen LogP) is 1.67. The van der Waals surface area contributed by atoms with Crippen LogP contribution in [-0.4, -0.2) is 36.9 Å². The molecule has 3 rings (SSSR count). The highest BCUT2D eigenvalue weighted by atomic mass is 32.1. The Hall–Kier alpha value is -0.720. The van der Waals surface area contributed by atoms with Crippen molar-refractivity contribution in [2.24, 2.45) is 13.0 Å². The van der Waals surface area contributed by atoms with E-state index in [0.29, 0.717) is 10.6 Å². The molecule has 0 radical (unpaired) electrons. The van der Waals surface area contributed by atoms with Crippen LogP contribution in [0.2, 0.25) is 0 Å². The highest BCUT2D eigenvalue weighted by molar-refractivity contribution is 7.71. The van der Waals surface area contributed by atoms with Crippen molar-refractivity contribution >= 4 is 12.2 Å². The summed E-state index contributed by atoms with van der Waals surface area (Å²) in [4.78, 5) is 2.52. The summed E-state index contributed by atoms with van der Waals surface area (Å²) in [6, 6.07) is 0.718. The van der Waals surface area contributed by atoms with E-state index in [1.807, 2.05) is 11.7 Å². The zero-order valence-electron chi connectivity index (χ0n) is 11.5. The van der Waals surface area contributed by atoms with Crippen LogP contribution in [0.3, 0.4) is 0 Å². The molecule has 1 saturated heterocycles. The molecular formula is C13H22N4OS. The van der Waals surface area contributed by atoms with Gasteiger partial charge in [-0.25, -0.2) is 4.68 Å². The number of aliphatic hydroxyl groups excluding tert-OH is 1. The third-order valence-corrected chi connectivity index (χ3v) is 5.20. The Kier molecular flexibility index (Phi) is 3.73. The number of likely N-dealkylation sites (tertiary alicyclic amines) is 1. The Morgan fingerprint density at radius 1 is 1.32 bits per heavy atom. The van der Waals surface area contributed by atoms with E-state index in [-0.39, 0.29) is 6.61 Å². The normalized spacial score (nSPS) is 27.7. The second-order valence-electron chi connectivity index (χ2n) is 5.77. The van der Waals surface area contributed by atoms with Gasteiger partial charge in [0, 0.05) is 19.6 Å². The first kappa shape index (κ1) is 13.3. The van der Waals surface area contributed by atoms with Crippen molar-refractivity contribution in [3.8, 4) is 0 Å². The van der Waals surface area contributed by atoms with Crippen LogP contribution < -0.4 is 0 Å². The summed E-state index contributed by atoms with van der Waals surface area (Å²) in [5.41, 5.74) is 0. The lowest BCUT2D eigenvalue weighted by molar-refractivity contribution is 0.139. The molecule has 2 fully saturated rings. The van der Waals surface area contributed by atoms with E-state index in [4.69, 9.17) is 12.2 Å². The van der Waals surface area contributed by atoms with Gasteiger partial charge in [0.2, 0.25) is 0 Å². The maximum absolute atomic E-state index is 9.25. The molecule has 2 atom stereocenters. The third-order valence-electron chi connectivity index (χ3n) is 4.71. The second-order valence-corrected chi connectivity index (χ2v) is 6.13. The van der Waals surface area contributed by atoms with Gasteiger partial charge in [0.1, 0.15) is 6.61 Å². The average molecular weight is 282 g/mol. The van der Waals surface area contributed by atoms with E-state index in [2.05, 4.69) is 10.00 Å². The second kappa shape index (κ2) is 5.34. The summed E-state index contributed by atoms with van der Waals surface area (Å²) in [6.07, 6.45) is 6.77. The maximum Gasteiger partial charge on any atom is 0.198 e. The topological polar surface area (TPSA) is 46.2 Å². The molecule has 5 nitrogen and oxygen atoms in total. The minimum Gasteiger partial charge on any atom is -0.388 e. The number of hydrogen-bond donors (Lipinski definition) is 1. The van der Waals surface area contributed by atoms with E-state index in [9.17, 15) is 5.11 Å². The Morgan fingerprint density at radius 3 is 2.84 bits per heavy atom. The van der Waals surface area contributed by atoms with Crippen molar-refractivity contribution < 1.29 is 5.11 Å². The van der Waals surface area contributed by atoms with Gasteiger partial charge in [-0.3, -0.25) is 4.90 Å². The third kappa shape index (κ3) is 2.37. The first-order valence-corrected chi connectivity index (χ1v) is 7.59. The van der Waals surface area contributed by atoms with Gasteiger partial charge in [0.05, 0.1) is 6.67 Å². The molecule has 1 aromatic heterocycles. The zero-order chi connectivity index (χ0) is 13.4. The van der Waals surface area contributed by atoms with Crippen LogP contribution >= 0.6 is 12.2 Å². The molecule has 1 aromatic rings. The van der Waals surface area contributed by atoms with Gasteiger partial charge in [0.25, 0.3) is 0 Å². The molecule has 1 aliphatic carbocycles. The van der Waals surface area contributed by atoms with Gasteiger partial charge in [0.15, 0.2) is 10.6 Å². The standard InChI is InChI=1S/C13H22N4OS/c1-15-12(8-18)14-17(13(15)19)9-16-7-6-10-4-2-3-5-11(10)16/h10-11,18H,2-9H2,1H3. The van der Waals surface area contributed by atoms with E-state index >= 15 is 0 Å². The molecule has 2 heterocycles. The van der Waals surface area contributed by atoms with Crippen LogP contribution in [0, 0.1) is 10.7 Å². The number of nitrogens with zero attached hydrogens (tertiary/aromatic N) is 4. The van der Waals surface area contributed by atoms with E-state index in [0.717, 1.165) is 25.2 Å². The number of rotatable bonds is 3. The minimum atomic E-state index is -0.0564. The van der Waals surface area contributed by atoms with Crippen LogP contribution in [0.4, 0.5) is 0 Å². The van der Waals surface area contributed by atoms with Crippen molar-refractivity contribution in [2.45, 2.75) is 51.4 Å². The molecule has 1 N–H and O–H groups in total. The van der Waals surface area contributed by atoms with Gasteiger partial charge in [-0.2, -0.15) is 5.10 Å². The van der Waals surface area contributed by atoms with Gasteiger partial charge in [-0.1, -0.05) is 12.8 Å². The average Bonchev–Trinajstić information content (AvgIpc) is 2.96. The molecule has 1 aliphatic heterocycles. The lowest BCUT2D eigenvalue weighted by Crippen LogP contribution is -2.36. The zero-order valence-corrected chi connectivity index (χ0v) is 12.3. The van der Waals surface area contributed by atoms with Gasteiger partial charge >= 0.3 is 0 Å². The van der Waals surface area contributed by atoms with Crippen molar-refractivity contribution in [1.82, 2.24) is 19.2 Å². The fourth-order valence-electron chi connectivity index (χ4n) is 3.61. The van der Waals surface area contributed by atoms with Gasteiger partial charge in [-0.15, -0.1) is 0 Å². The highest BCUT2D eigenvalue weighted by Gasteiger charge is 2.35. The van der Waals surface area contributed by atoms with Crippen molar-refractivity contribution in [3.05, 3.63) is 10.6 Å². The molecule has 19 heavy (non-hydrogen) atoms. The Bertz CT molecular complexity index is 509. The quantitative estimate of drug-likeness (QED) is 0.857. The summed E-state index contributed by atoms with van der Waals surface area (Å²) < 4.78 is 4.35. The van der Waals surface area contributed by atoms with Crippen LogP contribution in [0.25, 0.3) is 0 Å². The van der Waals surface area contributed by atoms with E-state index in [1.54, 1.807) is 4.57 Å². The fraction of sp³-hybridized carbons (Fsp3) is 0.846. The van der Waals surface area contributed by atoms with Crippen LogP contribution in [0.1, 0.15) is 37.9 Å². The predicted molar refractivity (Wildman–Crippen MR) is 75.0 cm³/mol. The molecule has 2 unspecified atom stereocenters. The number of hydrogen-bond acceptors (Lipinski definition) is 4. The number of aliphatic hydroxyl groups is 1. The molecule has 2 aliphatic rings. The maximum atomic E-state index is 9.25. The first-order valence-electron chi connectivity index (χ1n) is 7.18. The molecule has 0 spiro atoms. The lowest BCUT2D eigenvalue weighted by Gasteiger charge is -2.31. The van der Waals surface area contributed by atoms with Crippen molar-refractivity contribution in [3.63, 3.8) is 0 Å². The SMILES string of the molecule is Cn1c(CO)nn(CN2CCC3CCCCC32)c1=S. The Labute approximate surface area is 118 Å². The first-order chi connectivity index (χ1) is 9.20. The molecule has 0 bridgehead atoms. The van der Waals surface area contributed by atoms with Crippen molar-refractivity contribution in [2.75, 3.05) is 6.54 Å². The smallest absolute Gasteiger partial charge is 0.198 e. The largest absolute Gasteiger partial charge is 0.388 e. The summed E-state index contributed by atoms with van der Waals surface area (Å²) >= 11 is 5.39. The molecular weight excluding hydrogens is 260 g/mol. The van der Waals surface area contributed by atoms with Crippen LogP contribution in [-0.2, 0) is 20.3 Å². The summed E-state index contributed by atoms with van der Waals surface area (Å²) in [6.45, 7) is 1.87. The van der Waals surface area contributed by atoms with E-state index in [1.165, 1.54) is 32.1 Å². The minimum absolute atomic E-state index is 0.0564. The Morgan fingerprint density at radius 2 is 2.11 bits per heavy atom. The monoisotopic (exact) mass is 282 g/mol. The number of aromatic nitrogens is 3. The summed E-state index contributed by atoms with van der Waals surface area (Å²) in [5, 5.41) is 13.7. The molecule has 0 aromatic carbocycles.